The molecule has 1 aromatic rings. The summed E-state index contributed by atoms with van der Waals surface area (Å²) in [5.41, 5.74) is 0.0450. The number of carbonyl (C=O) groups is 1. The number of rotatable bonds is 3. The highest BCUT2D eigenvalue weighted by atomic mass is 19.1. The van der Waals surface area contributed by atoms with Crippen LogP contribution in [-0.2, 0) is 14.3 Å². The zero-order valence-corrected chi connectivity index (χ0v) is 8.79. The van der Waals surface area contributed by atoms with Gasteiger partial charge in [0.2, 0.25) is 5.76 Å². The second kappa shape index (κ2) is 5.25. The van der Waals surface area contributed by atoms with Crippen LogP contribution in [0.1, 0.15) is 5.56 Å². The summed E-state index contributed by atoms with van der Waals surface area (Å²) >= 11 is 0. The number of halogens is 2. The zero-order valence-electron chi connectivity index (χ0n) is 8.79. The van der Waals surface area contributed by atoms with Gasteiger partial charge in [0.1, 0.15) is 11.6 Å². The monoisotopic (exact) mass is 228 g/mol. The smallest absolute Gasteiger partial charge is 0.373 e. The van der Waals surface area contributed by atoms with Crippen LogP contribution in [0.3, 0.4) is 0 Å². The number of benzene rings is 1. The third-order valence-electron chi connectivity index (χ3n) is 1.86. The minimum atomic E-state index is -0.779. The van der Waals surface area contributed by atoms with E-state index >= 15 is 0 Å². The van der Waals surface area contributed by atoms with Crippen molar-refractivity contribution in [3.05, 3.63) is 41.2 Å². The summed E-state index contributed by atoms with van der Waals surface area (Å²) in [6.07, 6.45) is 1.14. The van der Waals surface area contributed by atoms with Gasteiger partial charge in [0.05, 0.1) is 14.2 Å². The Balaban J connectivity index is 3.09. The molecule has 0 atom stereocenters. The third kappa shape index (κ3) is 2.79. The number of methoxy groups -OCH3 is 2. The SMILES string of the molecule is COC(=O)/C(=C/c1ccc(F)cc1F)OC. The summed E-state index contributed by atoms with van der Waals surface area (Å²) in [5, 5.41) is 0. The number of esters is 1. The van der Waals surface area contributed by atoms with E-state index in [4.69, 9.17) is 4.74 Å². The lowest BCUT2D eigenvalue weighted by molar-refractivity contribution is -0.139. The molecule has 0 spiro atoms. The van der Waals surface area contributed by atoms with Gasteiger partial charge < -0.3 is 9.47 Å². The van der Waals surface area contributed by atoms with Gasteiger partial charge in [0.25, 0.3) is 0 Å². The maximum absolute atomic E-state index is 13.2. The van der Waals surface area contributed by atoms with E-state index in [2.05, 4.69) is 4.74 Å². The first-order valence-electron chi connectivity index (χ1n) is 4.37. The first kappa shape index (κ1) is 12.2. The van der Waals surface area contributed by atoms with Crippen molar-refractivity contribution in [3.63, 3.8) is 0 Å². The van der Waals surface area contributed by atoms with Crippen molar-refractivity contribution >= 4 is 12.0 Å². The Bertz CT molecular complexity index is 427. The highest BCUT2D eigenvalue weighted by Crippen LogP contribution is 2.14. The van der Waals surface area contributed by atoms with Crippen LogP contribution < -0.4 is 0 Å². The topological polar surface area (TPSA) is 35.5 Å². The minimum absolute atomic E-state index is 0.0450. The van der Waals surface area contributed by atoms with Crippen LogP contribution in [0.2, 0.25) is 0 Å². The third-order valence-corrected chi connectivity index (χ3v) is 1.86. The molecule has 0 aliphatic heterocycles. The molecule has 16 heavy (non-hydrogen) atoms. The van der Waals surface area contributed by atoms with E-state index in [0.717, 1.165) is 18.2 Å². The van der Waals surface area contributed by atoms with E-state index < -0.39 is 17.6 Å². The van der Waals surface area contributed by atoms with Gasteiger partial charge in [-0.2, -0.15) is 0 Å². The Kier molecular flexibility index (Phi) is 3.99. The van der Waals surface area contributed by atoms with Crippen molar-refractivity contribution in [2.45, 2.75) is 0 Å². The molecular formula is C11H10F2O3. The molecule has 0 aromatic heterocycles. The average Bonchev–Trinajstić information content (AvgIpc) is 2.27. The molecule has 0 saturated heterocycles. The maximum Gasteiger partial charge on any atom is 0.373 e. The van der Waals surface area contributed by atoms with Crippen LogP contribution in [0, 0.1) is 11.6 Å². The second-order valence-corrected chi connectivity index (χ2v) is 2.87. The van der Waals surface area contributed by atoms with E-state index in [1.165, 1.54) is 20.3 Å². The maximum atomic E-state index is 13.2. The highest BCUT2D eigenvalue weighted by molar-refractivity contribution is 5.91. The molecule has 5 heteroatoms. The molecule has 0 aliphatic carbocycles. The molecule has 0 saturated carbocycles. The van der Waals surface area contributed by atoms with Crippen LogP contribution in [0.5, 0.6) is 0 Å². The van der Waals surface area contributed by atoms with Gasteiger partial charge in [0, 0.05) is 11.6 Å². The Morgan fingerprint density at radius 1 is 1.25 bits per heavy atom. The van der Waals surface area contributed by atoms with Gasteiger partial charge in [-0.05, 0) is 18.2 Å². The van der Waals surface area contributed by atoms with E-state index in [0.29, 0.717) is 0 Å². The molecule has 0 aliphatic rings. The van der Waals surface area contributed by atoms with Crippen LogP contribution in [0.25, 0.3) is 6.08 Å². The summed E-state index contributed by atoms with van der Waals surface area (Å²) in [7, 11) is 2.43. The predicted molar refractivity (Wildman–Crippen MR) is 53.4 cm³/mol. The van der Waals surface area contributed by atoms with Crippen molar-refractivity contribution in [3.8, 4) is 0 Å². The van der Waals surface area contributed by atoms with Gasteiger partial charge in [-0.3, -0.25) is 0 Å². The van der Waals surface area contributed by atoms with E-state index in [1.54, 1.807) is 0 Å². The lowest BCUT2D eigenvalue weighted by Crippen LogP contribution is -2.06. The minimum Gasteiger partial charge on any atom is -0.490 e. The van der Waals surface area contributed by atoms with Crippen LogP contribution in [0.15, 0.2) is 24.0 Å². The first-order valence-corrected chi connectivity index (χ1v) is 4.37. The number of hydrogen-bond acceptors (Lipinski definition) is 3. The van der Waals surface area contributed by atoms with Crippen molar-refractivity contribution in [2.24, 2.45) is 0 Å². The number of ether oxygens (including phenoxy) is 2. The van der Waals surface area contributed by atoms with Gasteiger partial charge in [-0.1, -0.05) is 0 Å². The Morgan fingerprint density at radius 3 is 2.44 bits per heavy atom. The molecule has 0 unspecified atom stereocenters. The molecule has 0 radical (unpaired) electrons. The Hall–Kier alpha value is -1.91. The predicted octanol–water partition coefficient (Wildman–Crippen LogP) is 2.13. The van der Waals surface area contributed by atoms with Crippen LogP contribution >= 0.6 is 0 Å². The van der Waals surface area contributed by atoms with Crippen molar-refractivity contribution in [1.29, 1.82) is 0 Å². The largest absolute Gasteiger partial charge is 0.490 e. The van der Waals surface area contributed by atoms with E-state index in [9.17, 15) is 13.6 Å². The molecule has 0 heterocycles. The molecule has 0 fully saturated rings. The summed E-state index contributed by atoms with van der Waals surface area (Å²) < 4.78 is 35.0. The van der Waals surface area contributed by atoms with Gasteiger partial charge in [-0.15, -0.1) is 0 Å². The zero-order chi connectivity index (χ0) is 12.1. The Labute approximate surface area is 91.3 Å². The lowest BCUT2D eigenvalue weighted by Gasteiger charge is -2.04. The van der Waals surface area contributed by atoms with Gasteiger partial charge >= 0.3 is 5.97 Å². The second-order valence-electron chi connectivity index (χ2n) is 2.87. The molecule has 0 N–H and O–H groups in total. The summed E-state index contributed by atoms with van der Waals surface area (Å²) in [4.78, 5) is 11.1. The Morgan fingerprint density at radius 2 is 1.94 bits per heavy atom. The highest BCUT2D eigenvalue weighted by Gasteiger charge is 2.11. The number of hydrogen-bond donors (Lipinski definition) is 0. The summed E-state index contributed by atoms with van der Waals surface area (Å²) in [6, 6.07) is 3.00. The molecule has 1 rings (SSSR count). The number of carbonyl (C=O) groups excluding carboxylic acids is 1. The molecule has 0 bridgehead atoms. The normalized spacial score (nSPS) is 11.1. The van der Waals surface area contributed by atoms with Crippen LogP contribution in [0.4, 0.5) is 8.78 Å². The van der Waals surface area contributed by atoms with Gasteiger partial charge in [0.15, 0.2) is 0 Å². The van der Waals surface area contributed by atoms with Crippen molar-refractivity contribution in [1.82, 2.24) is 0 Å². The fourth-order valence-corrected chi connectivity index (χ4v) is 1.06. The van der Waals surface area contributed by atoms with Crippen molar-refractivity contribution < 1.29 is 23.0 Å². The molecular weight excluding hydrogens is 218 g/mol. The standard InChI is InChI=1S/C11H10F2O3/c1-15-10(11(14)16-2)5-7-3-4-8(12)6-9(7)13/h3-6H,1-2H3/b10-5-. The average molecular weight is 228 g/mol. The molecule has 3 nitrogen and oxygen atoms in total. The van der Waals surface area contributed by atoms with Gasteiger partial charge in [-0.25, -0.2) is 13.6 Å². The lowest BCUT2D eigenvalue weighted by atomic mass is 10.2. The molecule has 86 valence electrons. The first-order chi connectivity index (χ1) is 7.58. The van der Waals surface area contributed by atoms with Crippen LogP contribution in [-0.4, -0.2) is 20.2 Å². The molecule has 1 aromatic carbocycles. The van der Waals surface area contributed by atoms with Crippen molar-refractivity contribution in [2.75, 3.05) is 14.2 Å². The van der Waals surface area contributed by atoms with E-state index in [-0.39, 0.29) is 11.3 Å². The summed E-state index contributed by atoms with van der Waals surface area (Å²) in [5.74, 6) is -2.36. The fourth-order valence-electron chi connectivity index (χ4n) is 1.06. The molecule has 0 amide bonds. The van der Waals surface area contributed by atoms with E-state index in [1.807, 2.05) is 0 Å². The quantitative estimate of drug-likeness (QED) is 0.451. The summed E-state index contributed by atoms with van der Waals surface area (Å²) in [6.45, 7) is 0. The fraction of sp³-hybridized carbons (Fsp3) is 0.182.